The highest BCUT2D eigenvalue weighted by Crippen LogP contribution is 2.33. The first kappa shape index (κ1) is 20.5. The summed E-state index contributed by atoms with van der Waals surface area (Å²) in [6.45, 7) is 3.88. The van der Waals surface area contributed by atoms with E-state index in [4.69, 9.17) is 14.2 Å². The van der Waals surface area contributed by atoms with Gasteiger partial charge in [-0.25, -0.2) is 4.98 Å². The molecule has 8 nitrogen and oxygen atoms in total. The van der Waals surface area contributed by atoms with Crippen LogP contribution in [0.2, 0.25) is 0 Å². The Morgan fingerprint density at radius 1 is 1.03 bits per heavy atom. The number of fused-ring (bicyclic) bond motifs is 1. The van der Waals surface area contributed by atoms with E-state index in [0.717, 1.165) is 87.3 Å². The minimum Gasteiger partial charge on any atom is -0.488 e. The lowest BCUT2D eigenvalue weighted by atomic mass is 9.92. The van der Waals surface area contributed by atoms with Crippen LogP contribution in [0.5, 0.6) is 5.75 Å². The molecule has 1 unspecified atom stereocenters. The number of carbonyl (C=O) groups excluding carboxylic acids is 1. The Balaban J connectivity index is 1.24. The molecule has 2 aliphatic heterocycles. The van der Waals surface area contributed by atoms with E-state index in [0.29, 0.717) is 6.61 Å². The number of amides is 1. The lowest BCUT2D eigenvalue weighted by Gasteiger charge is -2.31. The van der Waals surface area contributed by atoms with E-state index in [1.54, 1.807) is 12.4 Å². The van der Waals surface area contributed by atoms with Crippen molar-refractivity contribution >= 4 is 22.6 Å². The summed E-state index contributed by atoms with van der Waals surface area (Å²) in [5.41, 5.74) is 2.75. The van der Waals surface area contributed by atoms with E-state index < -0.39 is 0 Å². The van der Waals surface area contributed by atoms with Crippen molar-refractivity contribution in [2.45, 2.75) is 56.8 Å². The van der Waals surface area contributed by atoms with E-state index in [9.17, 15) is 4.79 Å². The molecule has 1 amide bonds. The fourth-order valence-electron chi connectivity index (χ4n) is 4.71. The standard InChI is InChI=1S/C23H30N4O4/c28-23(20-2-1-11-30-20)26-16-3-5-18(6-4-16)31-21-15-17(27-9-12-29-13-10-27)14-19-22(21)25-8-7-24-19/h7-8,14-16,18,20H,1-6,9-13H2,(H,26,28). The summed E-state index contributed by atoms with van der Waals surface area (Å²) < 4.78 is 17.4. The number of rotatable bonds is 5. The first-order valence-electron chi connectivity index (χ1n) is 11.4. The van der Waals surface area contributed by atoms with Gasteiger partial charge >= 0.3 is 0 Å². The van der Waals surface area contributed by atoms with E-state index in [2.05, 4.69) is 32.3 Å². The Kier molecular flexibility index (Phi) is 6.18. The number of hydrogen-bond donors (Lipinski definition) is 1. The maximum absolute atomic E-state index is 12.3. The Hall–Kier alpha value is -2.45. The van der Waals surface area contributed by atoms with Gasteiger partial charge in [0.1, 0.15) is 17.4 Å². The first-order valence-corrected chi connectivity index (χ1v) is 11.4. The van der Waals surface area contributed by atoms with Crippen LogP contribution in [-0.2, 0) is 14.3 Å². The summed E-state index contributed by atoms with van der Waals surface area (Å²) in [7, 11) is 0. The largest absolute Gasteiger partial charge is 0.488 e. The molecule has 0 bridgehead atoms. The molecular formula is C23H30N4O4. The number of nitrogens with zero attached hydrogens (tertiary/aromatic N) is 3. The van der Waals surface area contributed by atoms with Crippen molar-refractivity contribution in [3.05, 3.63) is 24.5 Å². The molecule has 2 saturated heterocycles. The number of morpholine rings is 1. The van der Waals surface area contributed by atoms with Crippen molar-refractivity contribution in [3.8, 4) is 5.75 Å². The molecule has 3 aliphatic rings. The number of hydrogen-bond acceptors (Lipinski definition) is 7. The van der Waals surface area contributed by atoms with Gasteiger partial charge in [-0.1, -0.05) is 0 Å². The zero-order valence-electron chi connectivity index (χ0n) is 17.8. The molecule has 3 heterocycles. The van der Waals surface area contributed by atoms with E-state index in [1.807, 2.05) is 0 Å². The molecule has 1 aromatic heterocycles. The molecule has 1 aliphatic carbocycles. The number of nitrogens with one attached hydrogen (secondary N) is 1. The molecule has 1 saturated carbocycles. The summed E-state index contributed by atoms with van der Waals surface area (Å²) in [6.07, 6.45) is 8.71. The van der Waals surface area contributed by atoms with Gasteiger partial charge in [0.05, 0.1) is 24.8 Å². The molecule has 166 valence electrons. The Morgan fingerprint density at radius 2 is 1.84 bits per heavy atom. The van der Waals surface area contributed by atoms with Crippen LogP contribution in [-0.4, -0.2) is 67.0 Å². The highest BCUT2D eigenvalue weighted by Gasteiger charge is 2.29. The summed E-state index contributed by atoms with van der Waals surface area (Å²) in [5.74, 6) is 0.834. The maximum Gasteiger partial charge on any atom is 0.249 e. The normalized spacial score (nSPS) is 26.7. The maximum atomic E-state index is 12.3. The number of carbonyl (C=O) groups is 1. The second kappa shape index (κ2) is 9.36. The lowest BCUT2D eigenvalue weighted by molar-refractivity contribution is -0.131. The highest BCUT2D eigenvalue weighted by atomic mass is 16.5. The van der Waals surface area contributed by atoms with E-state index >= 15 is 0 Å². The average molecular weight is 427 g/mol. The molecule has 31 heavy (non-hydrogen) atoms. The highest BCUT2D eigenvalue weighted by molar-refractivity contribution is 5.85. The van der Waals surface area contributed by atoms with Gasteiger partial charge in [-0.3, -0.25) is 9.78 Å². The van der Waals surface area contributed by atoms with Gasteiger partial charge in [0, 0.05) is 49.9 Å². The SMILES string of the molecule is O=C(NC1CCC(Oc2cc(N3CCOCC3)cc3nccnc23)CC1)C1CCCO1. The molecular weight excluding hydrogens is 396 g/mol. The lowest BCUT2D eigenvalue weighted by Crippen LogP contribution is -2.44. The van der Waals surface area contributed by atoms with E-state index in [-0.39, 0.29) is 24.2 Å². The van der Waals surface area contributed by atoms with E-state index in [1.165, 1.54) is 0 Å². The van der Waals surface area contributed by atoms with Crippen molar-refractivity contribution in [1.29, 1.82) is 0 Å². The second-order valence-electron chi connectivity index (χ2n) is 8.57. The van der Waals surface area contributed by atoms with Crippen molar-refractivity contribution in [2.75, 3.05) is 37.8 Å². The van der Waals surface area contributed by atoms with Gasteiger partial charge in [-0.2, -0.15) is 0 Å². The topological polar surface area (TPSA) is 85.8 Å². The van der Waals surface area contributed by atoms with Gasteiger partial charge in [0.2, 0.25) is 5.91 Å². The second-order valence-corrected chi connectivity index (χ2v) is 8.57. The van der Waals surface area contributed by atoms with Gasteiger partial charge < -0.3 is 24.4 Å². The molecule has 1 N–H and O–H groups in total. The Bertz CT molecular complexity index is 904. The summed E-state index contributed by atoms with van der Waals surface area (Å²) in [4.78, 5) is 23.7. The van der Waals surface area contributed by atoms with Crippen LogP contribution >= 0.6 is 0 Å². The average Bonchev–Trinajstić information content (AvgIpc) is 3.36. The van der Waals surface area contributed by atoms with Gasteiger partial charge in [-0.05, 0) is 44.6 Å². The molecule has 1 aromatic carbocycles. The smallest absolute Gasteiger partial charge is 0.249 e. The molecule has 1 atom stereocenters. The number of aromatic nitrogens is 2. The predicted molar refractivity (Wildman–Crippen MR) is 116 cm³/mol. The zero-order chi connectivity index (χ0) is 21.0. The fourth-order valence-corrected chi connectivity index (χ4v) is 4.71. The van der Waals surface area contributed by atoms with Crippen LogP contribution in [0.4, 0.5) is 5.69 Å². The van der Waals surface area contributed by atoms with Crippen molar-refractivity contribution in [1.82, 2.24) is 15.3 Å². The first-order chi connectivity index (χ1) is 15.3. The number of ether oxygens (including phenoxy) is 3. The summed E-state index contributed by atoms with van der Waals surface area (Å²) in [6, 6.07) is 4.37. The van der Waals surface area contributed by atoms with Gasteiger partial charge in [0.25, 0.3) is 0 Å². The molecule has 0 radical (unpaired) electrons. The third kappa shape index (κ3) is 4.75. The quantitative estimate of drug-likeness (QED) is 0.786. The van der Waals surface area contributed by atoms with Crippen LogP contribution in [0.1, 0.15) is 38.5 Å². The summed E-state index contributed by atoms with van der Waals surface area (Å²) in [5, 5.41) is 3.17. The summed E-state index contributed by atoms with van der Waals surface area (Å²) >= 11 is 0. The van der Waals surface area contributed by atoms with Crippen molar-refractivity contribution in [2.24, 2.45) is 0 Å². The molecule has 5 rings (SSSR count). The molecule has 3 fully saturated rings. The number of benzene rings is 1. The van der Waals surface area contributed by atoms with Crippen LogP contribution in [0.15, 0.2) is 24.5 Å². The monoisotopic (exact) mass is 426 g/mol. The molecule has 0 spiro atoms. The van der Waals surface area contributed by atoms with Gasteiger partial charge in [0.15, 0.2) is 0 Å². The third-order valence-electron chi connectivity index (χ3n) is 6.44. The molecule has 8 heteroatoms. The van der Waals surface area contributed by atoms with Crippen LogP contribution in [0.3, 0.4) is 0 Å². The number of anilines is 1. The minimum atomic E-state index is -0.262. The van der Waals surface area contributed by atoms with Crippen molar-refractivity contribution in [3.63, 3.8) is 0 Å². The van der Waals surface area contributed by atoms with Crippen LogP contribution in [0, 0.1) is 0 Å². The van der Waals surface area contributed by atoms with Crippen LogP contribution < -0.4 is 15.0 Å². The zero-order valence-corrected chi connectivity index (χ0v) is 17.8. The third-order valence-corrected chi connectivity index (χ3v) is 6.44. The van der Waals surface area contributed by atoms with Crippen LogP contribution in [0.25, 0.3) is 11.0 Å². The fraction of sp³-hybridized carbons (Fsp3) is 0.609. The van der Waals surface area contributed by atoms with Gasteiger partial charge in [-0.15, -0.1) is 0 Å². The predicted octanol–water partition coefficient (Wildman–Crippen LogP) is 2.45. The Morgan fingerprint density at radius 3 is 2.61 bits per heavy atom. The minimum absolute atomic E-state index is 0.0429. The molecule has 2 aromatic rings. The van der Waals surface area contributed by atoms with Crippen molar-refractivity contribution < 1.29 is 19.0 Å². The Labute approximate surface area is 182 Å².